The highest BCUT2D eigenvalue weighted by atomic mass is 16.6. The van der Waals surface area contributed by atoms with Crippen LogP contribution in [0.5, 0.6) is 0 Å². The molecule has 0 aromatic rings. The molecular weight excluding hydrogens is 388 g/mol. The second-order valence-electron chi connectivity index (χ2n) is 7.59. The summed E-state index contributed by atoms with van der Waals surface area (Å²) >= 11 is 0. The Kier molecular flexibility index (Phi) is 18.4. The van der Waals surface area contributed by atoms with E-state index < -0.39 is 24.2 Å². The number of hydrogen-bond donors (Lipinski definition) is 4. The molecule has 0 bridgehead atoms. The van der Waals surface area contributed by atoms with Crippen LogP contribution in [0.15, 0.2) is 0 Å². The van der Waals surface area contributed by atoms with E-state index in [4.69, 9.17) is 32.4 Å². The summed E-state index contributed by atoms with van der Waals surface area (Å²) in [6, 6.07) is 0. The number of carbonyl (C=O) groups is 3. The van der Waals surface area contributed by atoms with E-state index in [0.29, 0.717) is 45.2 Å². The molecule has 8 N–H and O–H groups in total. The summed E-state index contributed by atoms with van der Waals surface area (Å²) in [5, 5.41) is 0. The third kappa shape index (κ3) is 17.3. The third-order valence-corrected chi connectivity index (χ3v) is 4.69. The predicted octanol–water partition coefficient (Wildman–Crippen LogP) is 1.59. The molecule has 0 saturated carbocycles. The van der Waals surface area contributed by atoms with E-state index >= 15 is 0 Å². The minimum atomic E-state index is -0.870. The maximum Gasteiger partial charge on any atom is 0.376 e. The number of rotatable bonds is 20. The van der Waals surface area contributed by atoms with Gasteiger partial charge < -0.3 is 20.9 Å². The van der Waals surface area contributed by atoms with Crippen LogP contribution < -0.4 is 22.9 Å². The van der Waals surface area contributed by atoms with Crippen molar-refractivity contribution in [3.63, 3.8) is 0 Å². The summed E-state index contributed by atoms with van der Waals surface area (Å²) in [5.74, 6) is -1.74. The Bertz CT molecular complexity index is 476. The SMILES string of the molecule is NCCCCCC(N)OC(=O)CCCCCCC(=O)C(=O)OC(N)CCCCCN. The lowest BCUT2D eigenvalue weighted by molar-refractivity contribution is -0.158. The summed E-state index contributed by atoms with van der Waals surface area (Å²) in [6.07, 6.45) is 8.44. The van der Waals surface area contributed by atoms with E-state index in [9.17, 15) is 14.4 Å². The van der Waals surface area contributed by atoms with Crippen LogP contribution in [0.1, 0.15) is 89.9 Å². The molecule has 0 aliphatic heterocycles. The Labute approximate surface area is 180 Å². The standard InChI is InChI=1S/C21H42N4O5/c22-15-9-3-6-12-18(24)29-20(27)14-8-2-1-5-11-17(26)21(28)30-19(25)13-7-4-10-16-23/h18-19H,1-16,22-25H2. The van der Waals surface area contributed by atoms with E-state index in [0.717, 1.165) is 51.4 Å². The number of hydrogen-bond acceptors (Lipinski definition) is 9. The average molecular weight is 431 g/mol. The van der Waals surface area contributed by atoms with Gasteiger partial charge in [0, 0.05) is 12.8 Å². The molecule has 0 heterocycles. The van der Waals surface area contributed by atoms with Gasteiger partial charge in [0.1, 0.15) is 0 Å². The summed E-state index contributed by atoms with van der Waals surface area (Å²) in [4.78, 5) is 35.2. The fraction of sp³-hybridized carbons (Fsp3) is 0.857. The summed E-state index contributed by atoms with van der Waals surface area (Å²) < 4.78 is 10.1. The van der Waals surface area contributed by atoms with Gasteiger partial charge in [0.2, 0.25) is 5.78 Å². The van der Waals surface area contributed by atoms with Gasteiger partial charge >= 0.3 is 11.9 Å². The van der Waals surface area contributed by atoms with Gasteiger partial charge in [-0.15, -0.1) is 0 Å². The largest absolute Gasteiger partial charge is 0.447 e. The molecule has 9 heteroatoms. The van der Waals surface area contributed by atoms with E-state index in [2.05, 4.69) is 0 Å². The Balaban J connectivity index is 3.68. The fourth-order valence-electron chi connectivity index (χ4n) is 2.89. The highest BCUT2D eigenvalue weighted by molar-refractivity contribution is 6.33. The highest BCUT2D eigenvalue weighted by Gasteiger charge is 2.18. The first-order valence-electron chi connectivity index (χ1n) is 11.2. The van der Waals surface area contributed by atoms with Crippen molar-refractivity contribution < 1.29 is 23.9 Å². The molecule has 0 aromatic heterocycles. The van der Waals surface area contributed by atoms with Crippen molar-refractivity contribution in [2.75, 3.05) is 13.1 Å². The van der Waals surface area contributed by atoms with Crippen molar-refractivity contribution in [2.45, 2.75) is 102 Å². The second-order valence-corrected chi connectivity index (χ2v) is 7.59. The molecular formula is C21H42N4O5. The highest BCUT2D eigenvalue weighted by Crippen LogP contribution is 2.10. The van der Waals surface area contributed by atoms with E-state index in [1.165, 1.54) is 0 Å². The van der Waals surface area contributed by atoms with Crippen LogP contribution >= 0.6 is 0 Å². The zero-order valence-electron chi connectivity index (χ0n) is 18.3. The molecule has 0 aliphatic carbocycles. The number of nitrogens with two attached hydrogens (primary N) is 4. The first-order chi connectivity index (χ1) is 14.4. The molecule has 0 spiro atoms. The molecule has 0 saturated heterocycles. The first kappa shape index (κ1) is 28.5. The van der Waals surface area contributed by atoms with Crippen LogP contribution in [0, 0.1) is 0 Å². The molecule has 0 aromatic carbocycles. The van der Waals surface area contributed by atoms with Gasteiger partial charge in [0.05, 0.1) is 0 Å². The maximum atomic E-state index is 11.8. The van der Waals surface area contributed by atoms with Crippen LogP contribution in [-0.2, 0) is 23.9 Å². The summed E-state index contributed by atoms with van der Waals surface area (Å²) in [7, 11) is 0. The van der Waals surface area contributed by atoms with Gasteiger partial charge in [0.15, 0.2) is 12.5 Å². The van der Waals surface area contributed by atoms with Crippen LogP contribution in [0.25, 0.3) is 0 Å². The van der Waals surface area contributed by atoms with Gasteiger partial charge in [-0.1, -0.05) is 25.7 Å². The van der Waals surface area contributed by atoms with Gasteiger partial charge in [-0.2, -0.15) is 0 Å². The van der Waals surface area contributed by atoms with Gasteiger partial charge in [-0.05, 0) is 64.5 Å². The second kappa shape index (κ2) is 19.4. The smallest absolute Gasteiger partial charge is 0.376 e. The minimum absolute atomic E-state index is 0.122. The van der Waals surface area contributed by atoms with Crippen molar-refractivity contribution >= 4 is 17.7 Å². The van der Waals surface area contributed by atoms with E-state index in [1.807, 2.05) is 0 Å². The maximum absolute atomic E-state index is 11.8. The van der Waals surface area contributed by atoms with Crippen molar-refractivity contribution in [3.05, 3.63) is 0 Å². The number of ether oxygens (including phenoxy) is 2. The van der Waals surface area contributed by atoms with Crippen molar-refractivity contribution in [3.8, 4) is 0 Å². The lowest BCUT2D eigenvalue weighted by Gasteiger charge is -2.13. The number of esters is 2. The molecule has 2 atom stereocenters. The zero-order valence-corrected chi connectivity index (χ0v) is 18.3. The van der Waals surface area contributed by atoms with Crippen LogP contribution in [0.4, 0.5) is 0 Å². The first-order valence-corrected chi connectivity index (χ1v) is 11.2. The lowest BCUT2D eigenvalue weighted by atomic mass is 10.1. The van der Waals surface area contributed by atoms with Gasteiger partial charge in [-0.3, -0.25) is 21.1 Å². The topological polar surface area (TPSA) is 174 Å². The quantitative estimate of drug-likeness (QED) is 0.0967. The normalized spacial score (nSPS) is 12.9. The Morgan fingerprint density at radius 1 is 0.600 bits per heavy atom. The lowest BCUT2D eigenvalue weighted by Crippen LogP contribution is -2.30. The summed E-state index contributed by atoms with van der Waals surface area (Å²) in [6.45, 7) is 1.28. The third-order valence-electron chi connectivity index (χ3n) is 4.69. The molecule has 176 valence electrons. The average Bonchev–Trinajstić information content (AvgIpc) is 2.70. The van der Waals surface area contributed by atoms with Crippen molar-refractivity contribution in [1.82, 2.24) is 0 Å². The molecule has 2 unspecified atom stereocenters. The monoisotopic (exact) mass is 430 g/mol. The number of carbonyl (C=O) groups excluding carboxylic acids is 3. The van der Waals surface area contributed by atoms with Crippen LogP contribution in [-0.4, -0.2) is 43.3 Å². The summed E-state index contributed by atoms with van der Waals surface area (Å²) in [5.41, 5.74) is 22.3. The van der Waals surface area contributed by atoms with E-state index in [1.54, 1.807) is 0 Å². The molecule has 0 amide bonds. The Morgan fingerprint density at radius 2 is 1.07 bits per heavy atom. The zero-order chi connectivity index (χ0) is 22.6. The molecule has 0 aliphatic rings. The van der Waals surface area contributed by atoms with Crippen LogP contribution in [0.2, 0.25) is 0 Å². The van der Waals surface area contributed by atoms with Gasteiger partial charge in [0.25, 0.3) is 0 Å². The van der Waals surface area contributed by atoms with Crippen molar-refractivity contribution in [1.29, 1.82) is 0 Å². The fourth-order valence-corrected chi connectivity index (χ4v) is 2.89. The number of ketones is 1. The number of Topliss-reactive ketones (excluding diaryl/α,β-unsaturated/α-hetero) is 1. The van der Waals surface area contributed by atoms with Crippen molar-refractivity contribution in [2.24, 2.45) is 22.9 Å². The minimum Gasteiger partial charge on any atom is -0.447 e. The van der Waals surface area contributed by atoms with E-state index in [-0.39, 0.29) is 12.4 Å². The Hall–Kier alpha value is -1.55. The molecule has 0 fully saturated rings. The number of unbranched alkanes of at least 4 members (excludes halogenated alkanes) is 7. The molecule has 0 radical (unpaired) electrons. The molecule has 0 rings (SSSR count). The Morgan fingerprint density at radius 3 is 1.60 bits per heavy atom. The van der Waals surface area contributed by atoms with Crippen LogP contribution in [0.3, 0.4) is 0 Å². The van der Waals surface area contributed by atoms with Gasteiger partial charge in [-0.25, -0.2) is 4.79 Å². The molecule has 9 nitrogen and oxygen atoms in total. The molecule has 30 heavy (non-hydrogen) atoms. The predicted molar refractivity (Wildman–Crippen MR) is 116 cm³/mol.